The van der Waals surface area contributed by atoms with Gasteiger partial charge in [0.15, 0.2) is 0 Å². The maximum atomic E-state index is 11.8. The lowest BCUT2D eigenvalue weighted by Crippen LogP contribution is -2.15. The van der Waals surface area contributed by atoms with Crippen molar-refractivity contribution in [3.8, 4) is 5.75 Å². The molecule has 2 rings (SSSR count). The first-order chi connectivity index (χ1) is 10.1. The third-order valence-electron chi connectivity index (χ3n) is 2.91. The Balaban J connectivity index is 1.72. The molecule has 1 amide bonds. The minimum atomic E-state index is -0.0549. The molecule has 0 aliphatic rings. The Hall–Kier alpha value is -2.01. The molecule has 2 aromatic rings. The Kier molecular flexibility index (Phi) is 5.22. The number of benzene rings is 1. The molecule has 0 atom stereocenters. The van der Waals surface area contributed by atoms with Gasteiger partial charge in [-0.2, -0.15) is 5.10 Å². The lowest BCUT2D eigenvalue weighted by Gasteiger charge is -2.08. The number of halogens is 1. The highest BCUT2D eigenvalue weighted by atomic mass is 35.5. The van der Waals surface area contributed by atoms with Crippen molar-refractivity contribution in [2.75, 3.05) is 11.9 Å². The molecule has 1 aromatic carbocycles. The summed E-state index contributed by atoms with van der Waals surface area (Å²) in [6, 6.07) is 9.12. The number of carbonyl (C=O) groups excluding carboxylic acids is 1. The van der Waals surface area contributed by atoms with Crippen molar-refractivity contribution in [3.63, 3.8) is 0 Å². The summed E-state index contributed by atoms with van der Waals surface area (Å²) in [4.78, 5) is 11.8. The van der Waals surface area contributed by atoms with E-state index in [-0.39, 0.29) is 5.91 Å². The Morgan fingerprint density at radius 3 is 2.86 bits per heavy atom. The summed E-state index contributed by atoms with van der Waals surface area (Å²) in [5.41, 5.74) is 0.870. The summed E-state index contributed by atoms with van der Waals surface area (Å²) in [5, 5.41) is 7.57. The molecule has 0 bridgehead atoms. The van der Waals surface area contributed by atoms with Gasteiger partial charge in [-0.1, -0.05) is 23.7 Å². The molecule has 1 heterocycles. The van der Waals surface area contributed by atoms with Gasteiger partial charge >= 0.3 is 0 Å². The number of hydrogen-bond acceptors (Lipinski definition) is 3. The van der Waals surface area contributed by atoms with E-state index in [0.29, 0.717) is 36.0 Å². The van der Waals surface area contributed by atoms with E-state index < -0.39 is 0 Å². The van der Waals surface area contributed by atoms with E-state index in [1.807, 2.05) is 25.1 Å². The van der Waals surface area contributed by atoms with E-state index in [9.17, 15) is 4.79 Å². The molecule has 0 saturated carbocycles. The first kappa shape index (κ1) is 15.4. The molecule has 0 spiro atoms. The van der Waals surface area contributed by atoms with Crippen LogP contribution in [0.4, 0.5) is 5.82 Å². The van der Waals surface area contributed by atoms with Gasteiger partial charge in [0, 0.05) is 19.5 Å². The third kappa shape index (κ3) is 4.49. The van der Waals surface area contributed by atoms with Crippen LogP contribution < -0.4 is 10.1 Å². The Labute approximate surface area is 128 Å². The molecule has 0 saturated heterocycles. The van der Waals surface area contributed by atoms with E-state index in [1.54, 1.807) is 23.9 Å². The number of hydrogen-bond donors (Lipinski definition) is 1. The van der Waals surface area contributed by atoms with Crippen LogP contribution in [0.3, 0.4) is 0 Å². The zero-order valence-corrected chi connectivity index (χ0v) is 12.9. The molecule has 0 unspecified atom stereocenters. The average molecular weight is 308 g/mol. The SMILES string of the molecule is Cc1cc(NC(=O)CCCOc2ccccc2Cl)n(C)n1. The van der Waals surface area contributed by atoms with Crippen LogP contribution in [0, 0.1) is 6.92 Å². The number of nitrogens with zero attached hydrogens (tertiary/aromatic N) is 2. The van der Waals surface area contributed by atoms with Gasteiger partial charge in [0.05, 0.1) is 17.3 Å². The fourth-order valence-electron chi connectivity index (χ4n) is 1.91. The van der Waals surface area contributed by atoms with Crippen molar-refractivity contribution in [3.05, 3.63) is 41.0 Å². The Bertz CT molecular complexity index is 625. The topological polar surface area (TPSA) is 56.1 Å². The fourth-order valence-corrected chi connectivity index (χ4v) is 2.10. The van der Waals surface area contributed by atoms with Gasteiger partial charge in [0.1, 0.15) is 11.6 Å². The minimum Gasteiger partial charge on any atom is -0.492 e. The largest absolute Gasteiger partial charge is 0.492 e. The van der Waals surface area contributed by atoms with Crippen LogP contribution in [0.5, 0.6) is 5.75 Å². The molecule has 21 heavy (non-hydrogen) atoms. The van der Waals surface area contributed by atoms with Crippen molar-refractivity contribution in [2.24, 2.45) is 7.05 Å². The van der Waals surface area contributed by atoms with Gasteiger partial charge in [-0.3, -0.25) is 9.48 Å². The monoisotopic (exact) mass is 307 g/mol. The number of para-hydroxylation sites is 1. The van der Waals surface area contributed by atoms with Crippen LogP contribution in [0.1, 0.15) is 18.5 Å². The number of aryl methyl sites for hydroxylation is 2. The number of anilines is 1. The molecule has 112 valence electrons. The maximum Gasteiger partial charge on any atom is 0.225 e. The lowest BCUT2D eigenvalue weighted by molar-refractivity contribution is -0.116. The molecule has 6 heteroatoms. The second kappa shape index (κ2) is 7.13. The quantitative estimate of drug-likeness (QED) is 0.834. The zero-order valence-electron chi connectivity index (χ0n) is 12.1. The summed E-state index contributed by atoms with van der Waals surface area (Å²) >= 11 is 5.98. The van der Waals surface area contributed by atoms with Crippen LogP contribution in [0.2, 0.25) is 5.02 Å². The van der Waals surface area contributed by atoms with E-state index in [4.69, 9.17) is 16.3 Å². The van der Waals surface area contributed by atoms with Crippen LogP contribution in [0.25, 0.3) is 0 Å². The standard InChI is InChI=1S/C15H18ClN3O2/c1-11-10-14(19(2)18-11)17-15(20)8-5-9-21-13-7-4-3-6-12(13)16/h3-4,6-7,10H,5,8-9H2,1-2H3,(H,17,20). The summed E-state index contributed by atoms with van der Waals surface area (Å²) in [6.07, 6.45) is 1.00. The molecular weight excluding hydrogens is 290 g/mol. The molecule has 5 nitrogen and oxygen atoms in total. The van der Waals surface area contributed by atoms with Crippen molar-refractivity contribution in [1.82, 2.24) is 9.78 Å². The third-order valence-corrected chi connectivity index (χ3v) is 3.22. The van der Waals surface area contributed by atoms with Gasteiger partial charge in [0.25, 0.3) is 0 Å². The molecule has 0 radical (unpaired) electrons. The van der Waals surface area contributed by atoms with E-state index in [0.717, 1.165) is 5.69 Å². The first-order valence-electron chi connectivity index (χ1n) is 6.74. The summed E-state index contributed by atoms with van der Waals surface area (Å²) in [7, 11) is 1.79. The van der Waals surface area contributed by atoms with Crippen LogP contribution >= 0.6 is 11.6 Å². The van der Waals surface area contributed by atoms with Crippen LogP contribution in [-0.2, 0) is 11.8 Å². The van der Waals surface area contributed by atoms with Crippen molar-refractivity contribution < 1.29 is 9.53 Å². The number of nitrogens with one attached hydrogen (secondary N) is 1. The highest BCUT2D eigenvalue weighted by Crippen LogP contribution is 2.23. The molecule has 1 N–H and O–H groups in total. The molecule has 0 aliphatic carbocycles. The van der Waals surface area contributed by atoms with E-state index >= 15 is 0 Å². The summed E-state index contributed by atoms with van der Waals surface area (Å²) < 4.78 is 7.18. The summed E-state index contributed by atoms with van der Waals surface area (Å²) in [6.45, 7) is 2.33. The zero-order chi connectivity index (χ0) is 15.2. The van der Waals surface area contributed by atoms with Gasteiger partial charge < -0.3 is 10.1 Å². The predicted octanol–water partition coefficient (Wildman–Crippen LogP) is 3.18. The smallest absolute Gasteiger partial charge is 0.225 e. The second-order valence-electron chi connectivity index (χ2n) is 4.73. The van der Waals surface area contributed by atoms with Gasteiger partial charge in [0.2, 0.25) is 5.91 Å². The van der Waals surface area contributed by atoms with Crippen molar-refractivity contribution in [1.29, 1.82) is 0 Å². The first-order valence-corrected chi connectivity index (χ1v) is 7.12. The maximum absolute atomic E-state index is 11.8. The summed E-state index contributed by atoms with van der Waals surface area (Å²) in [5.74, 6) is 1.28. The van der Waals surface area contributed by atoms with E-state index in [2.05, 4.69) is 10.4 Å². The number of carbonyl (C=O) groups is 1. The Morgan fingerprint density at radius 2 is 2.19 bits per heavy atom. The Morgan fingerprint density at radius 1 is 1.43 bits per heavy atom. The molecule has 1 aromatic heterocycles. The normalized spacial score (nSPS) is 10.4. The highest BCUT2D eigenvalue weighted by molar-refractivity contribution is 6.32. The van der Waals surface area contributed by atoms with Crippen molar-refractivity contribution in [2.45, 2.75) is 19.8 Å². The lowest BCUT2D eigenvalue weighted by atomic mass is 10.3. The average Bonchev–Trinajstić information content (AvgIpc) is 2.75. The highest BCUT2D eigenvalue weighted by Gasteiger charge is 2.07. The van der Waals surface area contributed by atoms with Gasteiger partial charge in [-0.05, 0) is 25.5 Å². The number of amides is 1. The predicted molar refractivity (Wildman–Crippen MR) is 82.8 cm³/mol. The second-order valence-corrected chi connectivity index (χ2v) is 5.13. The number of aromatic nitrogens is 2. The molecule has 0 aliphatic heterocycles. The number of ether oxygens (including phenoxy) is 1. The molecule has 0 fully saturated rings. The fraction of sp³-hybridized carbons (Fsp3) is 0.333. The van der Waals surface area contributed by atoms with Crippen molar-refractivity contribution >= 4 is 23.3 Å². The van der Waals surface area contributed by atoms with E-state index in [1.165, 1.54) is 0 Å². The number of rotatable bonds is 6. The van der Waals surface area contributed by atoms with Crippen LogP contribution in [-0.4, -0.2) is 22.3 Å². The van der Waals surface area contributed by atoms with Crippen LogP contribution in [0.15, 0.2) is 30.3 Å². The van der Waals surface area contributed by atoms with Gasteiger partial charge in [-0.25, -0.2) is 0 Å². The molecular formula is C15H18ClN3O2. The van der Waals surface area contributed by atoms with Gasteiger partial charge in [-0.15, -0.1) is 0 Å². The minimum absolute atomic E-state index is 0.0549.